The van der Waals surface area contributed by atoms with Crippen molar-refractivity contribution >= 4 is 5.91 Å². The van der Waals surface area contributed by atoms with Crippen LogP contribution in [0.3, 0.4) is 0 Å². The highest BCUT2D eigenvalue weighted by Crippen LogP contribution is 2.46. The Hall–Kier alpha value is -0.570. The molecule has 0 bridgehead atoms. The van der Waals surface area contributed by atoms with Gasteiger partial charge < -0.3 is 9.64 Å². The van der Waals surface area contributed by atoms with Crippen LogP contribution in [0.25, 0.3) is 0 Å². The first-order chi connectivity index (χ1) is 8.29. The molecule has 2 aliphatic heterocycles. The van der Waals surface area contributed by atoms with E-state index in [0.29, 0.717) is 5.41 Å². The van der Waals surface area contributed by atoms with Gasteiger partial charge in [0.05, 0.1) is 0 Å². The molecular formula is C14H23NO2. The topological polar surface area (TPSA) is 29.5 Å². The van der Waals surface area contributed by atoms with Crippen LogP contribution in [0.1, 0.15) is 51.4 Å². The molecule has 0 radical (unpaired) electrons. The van der Waals surface area contributed by atoms with Crippen molar-refractivity contribution in [2.45, 2.75) is 57.5 Å². The third-order valence-electron chi connectivity index (χ3n) is 5.01. The minimum atomic E-state index is -0.118. The zero-order valence-electron chi connectivity index (χ0n) is 10.6. The quantitative estimate of drug-likeness (QED) is 0.700. The van der Waals surface area contributed by atoms with Gasteiger partial charge in [0.1, 0.15) is 6.10 Å². The fraction of sp³-hybridized carbons (Fsp3) is 0.929. The van der Waals surface area contributed by atoms with Crippen molar-refractivity contribution in [2.75, 3.05) is 19.7 Å². The third kappa shape index (κ3) is 2.22. The Labute approximate surface area is 104 Å². The van der Waals surface area contributed by atoms with E-state index in [1.807, 2.05) is 0 Å². The molecule has 3 nitrogen and oxygen atoms in total. The third-order valence-corrected chi connectivity index (χ3v) is 5.01. The lowest BCUT2D eigenvalue weighted by Crippen LogP contribution is -2.46. The molecule has 3 rings (SSSR count). The molecule has 0 aromatic heterocycles. The maximum atomic E-state index is 12.2. The second kappa shape index (κ2) is 4.60. The summed E-state index contributed by atoms with van der Waals surface area (Å²) in [5.41, 5.74) is 0.604. The van der Waals surface area contributed by atoms with Gasteiger partial charge in [-0.3, -0.25) is 4.79 Å². The summed E-state index contributed by atoms with van der Waals surface area (Å²) in [7, 11) is 0. The molecule has 1 atom stereocenters. The lowest BCUT2D eigenvalue weighted by atomic mass is 9.77. The number of rotatable bonds is 1. The summed E-state index contributed by atoms with van der Waals surface area (Å²) < 4.78 is 5.49. The van der Waals surface area contributed by atoms with E-state index >= 15 is 0 Å². The Kier molecular flexibility index (Phi) is 3.12. The number of piperidine rings is 1. The minimum absolute atomic E-state index is 0.118. The van der Waals surface area contributed by atoms with E-state index in [1.54, 1.807) is 0 Å². The SMILES string of the molecule is O=C([C@@H]1CCCO1)N1CCC2(CCCC2)CC1. The van der Waals surface area contributed by atoms with Crippen LogP contribution in [-0.4, -0.2) is 36.6 Å². The van der Waals surface area contributed by atoms with Crippen LogP contribution < -0.4 is 0 Å². The van der Waals surface area contributed by atoms with Crippen LogP contribution in [0.4, 0.5) is 0 Å². The summed E-state index contributed by atoms with van der Waals surface area (Å²) in [6, 6.07) is 0. The molecular weight excluding hydrogens is 214 g/mol. The molecule has 3 heteroatoms. The largest absolute Gasteiger partial charge is 0.368 e. The first-order valence-electron chi connectivity index (χ1n) is 7.20. The van der Waals surface area contributed by atoms with Gasteiger partial charge in [0, 0.05) is 19.7 Å². The van der Waals surface area contributed by atoms with Gasteiger partial charge in [-0.25, -0.2) is 0 Å². The number of nitrogens with zero attached hydrogens (tertiary/aromatic N) is 1. The van der Waals surface area contributed by atoms with E-state index in [0.717, 1.165) is 32.5 Å². The molecule has 0 N–H and O–H groups in total. The second-order valence-electron chi connectivity index (χ2n) is 6.03. The van der Waals surface area contributed by atoms with E-state index in [2.05, 4.69) is 4.90 Å². The zero-order valence-corrected chi connectivity index (χ0v) is 10.6. The molecule has 2 heterocycles. The van der Waals surface area contributed by atoms with Crippen molar-refractivity contribution in [3.8, 4) is 0 Å². The molecule has 3 aliphatic rings. The van der Waals surface area contributed by atoms with Crippen LogP contribution in [0.2, 0.25) is 0 Å². The van der Waals surface area contributed by atoms with Crippen LogP contribution >= 0.6 is 0 Å². The van der Waals surface area contributed by atoms with Crippen molar-refractivity contribution in [3.63, 3.8) is 0 Å². The first kappa shape index (κ1) is 11.5. The lowest BCUT2D eigenvalue weighted by molar-refractivity contribution is -0.143. The summed E-state index contributed by atoms with van der Waals surface area (Å²) in [6.07, 6.45) is 9.92. The van der Waals surface area contributed by atoms with E-state index in [-0.39, 0.29) is 12.0 Å². The van der Waals surface area contributed by atoms with Crippen molar-refractivity contribution in [2.24, 2.45) is 5.41 Å². The predicted octanol–water partition coefficient (Wildman–Crippen LogP) is 2.35. The highest BCUT2D eigenvalue weighted by atomic mass is 16.5. The van der Waals surface area contributed by atoms with Crippen molar-refractivity contribution < 1.29 is 9.53 Å². The lowest BCUT2D eigenvalue weighted by Gasteiger charge is -2.40. The van der Waals surface area contributed by atoms with Gasteiger partial charge in [0.25, 0.3) is 5.91 Å². The Balaban J connectivity index is 1.55. The van der Waals surface area contributed by atoms with Gasteiger partial charge in [-0.1, -0.05) is 12.8 Å². The fourth-order valence-corrected chi connectivity index (χ4v) is 3.80. The van der Waals surface area contributed by atoms with E-state index in [4.69, 9.17) is 4.74 Å². The van der Waals surface area contributed by atoms with Gasteiger partial charge in [-0.05, 0) is 43.9 Å². The van der Waals surface area contributed by atoms with Gasteiger partial charge in [-0.2, -0.15) is 0 Å². The summed E-state index contributed by atoms with van der Waals surface area (Å²) >= 11 is 0. The average molecular weight is 237 g/mol. The predicted molar refractivity (Wildman–Crippen MR) is 65.7 cm³/mol. The summed E-state index contributed by atoms with van der Waals surface area (Å²) in [4.78, 5) is 14.3. The first-order valence-corrected chi connectivity index (χ1v) is 7.20. The minimum Gasteiger partial charge on any atom is -0.368 e. The standard InChI is InChI=1S/C14H23NO2/c16-13(12-4-3-11-17-12)15-9-7-14(8-10-15)5-1-2-6-14/h12H,1-11H2/t12-/m0/s1. The van der Waals surface area contributed by atoms with Crippen molar-refractivity contribution in [1.29, 1.82) is 0 Å². The number of carbonyl (C=O) groups is 1. The summed E-state index contributed by atoms with van der Waals surface area (Å²) in [5, 5.41) is 0. The fourth-order valence-electron chi connectivity index (χ4n) is 3.80. The van der Waals surface area contributed by atoms with Crippen LogP contribution in [0, 0.1) is 5.41 Å². The second-order valence-corrected chi connectivity index (χ2v) is 6.03. The number of likely N-dealkylation sites (tertiary alicyclic amines) is 1. The molecule has 0 unspecified atom stereocenters. The molecule has 0 aromatic rings. The molecule has 17 heavy (non-hydrogen) atoms. The molecule has 0 aromatic carbocycles. The molecule has 1 amide bonds. The van der Waals surface area contributed by atoms with Crippen LogP contribution in [-0.2, 0) is 9.53 Å². The van der Waals surface area contributed by atoms with Crippen molar-refractivity contribution in [1.82, 2.24) is 4.90 Å². The zero-order chi connectivity index (χ0) is 11.7. The monoisotopic (exact) mass is 237 g/mol. The maximum absolute atomic E-state index is 12.2. The Bertz CT molecular complexity index is 281. The number of hydrogen-bond donors (Lipinski definition) is 0. The summed E-state index contributed by atoms with van der Waals surface area (Å²) in [6.45, 7) is 2.71. The maximum Gasteiger partial charge on any atom is 0.251 e. The number of carbonyl (C=O) groups excluding carboxylic acids is 1. The van der Waals surface area contributed by atoms with E-state index in [1.165, 1.54) is 38.5 Å². The average Bonchev–Trinajstić information content (AvgIpc) is 3.01. The van der Waals surface area contributed by atoms with Gasteiger partial charge >= 0.3 is 0 Å². The van der Waals surface area contributed by atoms with Crippen molar-refractivity contribution in [3.05, 3.63) is 0 Å². The highest BCUT2D eigenvalue weighted by molar-refractivity contribution is 5.81. The highest BCUT2D eigenvalue weighted by Gasteiger charge is 2.39. The summed E-state index contributed by atoms with van der Waals surface area (Å²) in [5.74, 6) is 0.260. The number of hydrogen-bond acceptors (Lipinski definition) is 2. The Morgan fingerprint density at radius 3 is 2.35 bits per heavy atom. The smallest absolute Gasteiger partial charge is 0.251 e. The van der Waals surface area contributed by atoms with Gasteiger partial charge in [0.2, 0.25) is 0 Å². The Morgan fingerprint density at radius 2 is 1.76 bits per heavy atom. The molecule has 2 saturated heterocycles. The molecule has 1 spiro atoms. The number of amides is 1. The molecule has 1 aliphatic carbocycles. The molecule has 96 valence electrons. The molecule has 1 saturated carbocycles. The normalized spacial score (nSPS) is 32.2. The Morgan fingerprint density at radius 1 is 1.06 bits per heavy atom. The van der Waals surface area contributed by atoms with E-state index < -0.39 is 0 Å². The number of ether oxygens (including phenoxy) is 1. The van der Waals surface area contributed by atoms with Crippen LogP contribution in [0.5, 0.6) is 0 Å². The van der Waals surface area contributed by atoms with Gasteiger partial charge in [0.15, 0.2) is 0 Å². The van der Waals surface area contributed by atoms with E-state index in [9.17, 15) is 4.79 Å². The van der Waals surface area contributed by atoms with Gasteiger partial charge in [-0.15, -0.1) is 0 Å². The molecule has 3 fully saturated rings. The van der Waals surface area contributed by atoms with Crippen LogP contribution in [0.15, 0.2) is 0 Å².